The summed E-state index contributed by atoms with van der Waals surface area (Å²) in [5.74, 6) is -4.69. The van der Waals surface area contributed by atoms with Crippen LogP contribution < -0.4 is 0 Å². The Hall–Kier alpha value is -3.70. The number of carboxylic acids is 1. The highest BCUT2D eigenvalue weighted by Gasteiger charge is 2.35. The maximum atomic E-state index is 12.6. The Morgan fingerprint density at radius 1 is 1.00 bits per heavy atom. The maximum Gasteiger partial charge on any atom is 0.334 e. The average Bonchev–Trinajstić information content (AvgIpc) is 3.35. The molecule has 0 aromatic rings. The Labute approximate surface area is 189 Å². The first-order valence-corrected chi connectivity index (χ1v) is 10.3. The molecule has 0 aromatic carbocycles. The van der Waals surface area contributed by atoms with Crippen molar-refractivity contribution < 1.29 is 48.1 Å². The molecule has 33 heavy (non-hydrogen) atoms. The molecule has 180 valence electrons. The van der Waals surface area contributed by atoms with Gasteiger partial charge in [0, 0.05) is 55.7 Å². The van der Waals surface area contributed by atoms with Crippen molar-refractivity contribution >= 4 is 35.7 Å². The number of esters is 3. The summed E-state index contributed by atoms with van der Waals surface area (Å²) in [6.45, 7) is 0.736. The van der Waals surface area contributed by atoms with Crippen LogP contribution in [-0.4, -0.2) is 97.1 Å². The van der Waals surface area contributed by atoms with Gasteiger partial charge in [0.15, 0.2) is 0 Å². The van der Waals surface area contributed by atoms with Gasteiger partial charge in [0.25, 0.3) is 0 Å². The van der Waals surface area contributed by atoms with E-state index < -0.39 is 29.8 Å². The van der Waals surface area contributed by atoms with E-state index in [0.717, 1.165) is 25.7 Å². The predicted molar refractivity (Wildman–Crippen MR) is 109 cm³/mol. The van der Waals surface area contributed by atoms with Crippen molar-refractivity contribution in [3.63, 3.8) is 0 Å². The fraction of sp³-hybridized carbons (Fsp3) is 0.524. The first-order valence-electron chi connectivity index (χ1n) is 10.3. The fourth-order valence-corrected chi connectivity index (χ4v) is 3.44. The highest BCUT2D eigenvalue weighted by atomic mass is 16.5. The average molecular weight is 466 g/mol. The summed E-state index contributed by atoms with van der Waals surface area (Å²) in [6, 6.07) is 0. The van der Waals surface area contributed by atoms with Crippen LogP contribution in [0.3, 0.4) is 0 Å². The highest BCUT2D eigenvalue weighted by Crippen LogP contribution is 2.26. The van der Waals surface area contributed by atoms with Crippen molar-refractivity contribution in [3.05, 3.63) is 23.8 Å². The van der Waals surface area contributed by atoms with Gasteiger partial charge in [-0.15, -0.1) is 0 Å². The molecule has 0 aliphatic carbocycles. The number of nitrogens with zero attached hydrogens (tertiary/aromatic N) is 2. The predicted octanol–water partition coefficient (Wildman–Crippen LogP) is -0.716. The number of aliphatic carboxylic acids is 1. The van der Waals surface area contributed by atoms with Crippen molar-refractivity contribution in [2.75, 3.05) is 46.5 Å². The minimum atomic E-state index is -1.30. The third-order valence-electron chi connectivity index (χ3n) is 5.10. The number of carboxylic acid groups (broad SMARTS) is 1. The molecular formula is C21H26N2O10. The lowest BCUT2D eigenvalue weighted by atomic mass is 9.97. The number of carbonyl (C=O) groups is 6. The lowest BCUT2D eigenvalue weighted by Gasteiger charge is -2.18. The van der Waals surface area contributed by atoms with Gasteiger partial charge < -0.3 is 29.1 Å². The second-order valence-electron chi connectivity index (χ2n) is 7.32. The van der Waals surface area contributed by atoms with E-state index in [0.29, 0.717) is 19.0 Å². The summed E-state index contributed by atoms with van der Waals surface area (Å²) < 4.78 is 14.7. The number of ether oxygens (including phenoxy) is 3. The van der Waals surface area contributed by atoms with Crippen molar-refractivity contribution in [2.45, 2.75) is 19.3 Å². The van der Waals surface area contributed by atoms with Crippen molar-refractivity contribution in [1.29, 1.82) is 0 Å². The summed E-state index contributed by atoms with van der Waals surface area (Å²) in [4.78, 5) is 73.1. The van der Waals surface area contributed by atoms with Crippen LogP contribution in [0.2, 0.25) is 0 Å². The molecule has 0 aromatic heterocycles. The van der Waals surface area contributed by atoms with Gasteiger partial charge in [0.1, 0.15) is 13.2 Å². The molecular weight excluding hydrogens is 440 g/mol. The molecule has 1 atom stereocenters. The Balaban J connectivity index is 1.92. The van der Waals surface area contributed by atoms with E-state index in [1.54, 1.807) is 4.90 Å². The van der Waals surface area contributed by atoms with Gasteiger partial charge in [-0.2, -0.15) is 0 Å². The standard InChI is InChI=1S/C21H26N2O10/c1-31-20(29)12-15(21(30)33-10-7-22-6-2-3-16(22)24)14-11-17(25)23(13-14)8-9-32-19(28)5-4-18(26)27/h4-5,12,14H,2-3,6-11,13H2,1H3,(H,26,27)/b5-4-,15-12-. The van der Waals surface area contributed by atoms with Crippen LogP contribution in [0.1, 0.15) is 19.3 Å². The minimum Gasteiger partial charge on any atom is -0.478 e. The number of hydrogen-bond acceptors (Lipinski definition) is 9. The molecule has 2 saturated heterocycles. The van der Waals surface area contributed by atoms with E-state index >= 15 is 0 Å². The second kappa shape index (κ2) is 12.4. The van der Waals surface area contributed by atoms with Gasteiger partial charge in [-0.05, 0) is 6.42 Å². The van der Waals surface area contributed by atoms with E-state index in [9.17, 15) is 28.8 Å². The molecule has 2 aliphatic heterocycles. The summed E-state index contributed by atoms with van der Waals surface area (Å²) in [7, 11) is 1.15. The van der Waals surface area contributed by atoms with Gasteiger partial charge in [-0.3, -0.25) is 9.59 Å². The Kier molecular flexibility index (Phi) is 9.58. The van der Waals surface area contributed by atoms with E-state index in [4.69, 9.17) is 14.6 Å². The van der Waals surface area contributed by atoms with Crippen LogP contribution in [0.25, 0.3) is 0 Å². The summed E-state index contributed by atoms with van der Waals surface area (Å²) >= 11 is 0. The summed E-state index contributed by atoms with van der Waals surface area (Å²) in [6.07, 6.45) is 3.53. The third-order valence-corrected chi connectivity index (χ3v) is 5.10. The van der Waals surface area contributed by atoms with Crippen molar-refractivity contribution in [3.8, 4) is 0 Å². The van der Waals surface area contributed by atoms with Crippen LogP contribution in [0, 0.1) is 5.92 Å². The van der Waals surface area contributed by atoms with Crippen molar-refractivity contribution in [2.24, 2.45) is 5.92 Å². The Morgan fingerprint density at radius 3 is 2.33 bits per heavy atom. The topological polar surface area (TPSA) is 157 Å². The summed E-state index contributed by atoms with van der Waals surface area (Å²) in [5.41, 5.74) is -0.0214. The maximum absolute atomic E-state index is 12.6. The van der Waals surface area contributed by atoms with Crippen LogP contribution in [-0.2, 0) is 43.0 Å². The molecule has 2 heterocycles. The van der Waals surface area contributed by atoms with Gasteiger partial charge in [0.05, 0.1) is 20.2 Å². The van der Waals surface area contributed by atoms with E-state index in [1.165, 1.54) is 4.90 Å². The third kappa shape index (κ3) is 8.05. The number of methoxy groups -OCH3 is 1. The number of carbonyl (C=O) groups excluding carboxylic acids is 5. The smallest absolute Gasteiger partial charge is 0.334 e. The van der Waals surface area contributed by atoms with E-state index in [2.05, 4.69) is 4.74 Å². The molecule has 0 radical (unpaired) electrons. The van der Waals surface area contributed by atoms with Crippen LogP contribution in [0.15, 0.2) is 23.8 Å². The number of hydrogen-bond donors (Lipinski definition) is 1. The summed E-state index contributed by atoms with van der Waals surface area (Å²) in [5, 5.41) is 8.48. The Morgan fingerprint density at radius 2 is 1.70 bits per heavy atom. The highest BCUT2D eigenvalue weighted by molar-refractivity contribution is 5.98. The molecule has 0 bridgehead atoms. The molecule has 1 N–H and O–H groups in total. The zero-order valence-electron chi connectivity index (χ0n) is 18.2. The molecule has 2 fully saturated rings. The van der Waals surface area contributed by atoms with Gasteiger partial charge in [0.2, 0.25) is 11.8 Å². The monoisotopic (exact) mass is 466 g/mol. The molecule has 2 amide bonds. The van der Waals surface area contributed by atoms with E-state index in [-0.39, 0.29) is 56.7 Å². The minimum absolute atomic E-state index is 0.00689. The number of amides is 2. The largest absolute Gasteiger partial charge is 0.478 e. The zero-order valence-corrected chi connectivity index (χ0v) is 18.2. The molecule has 1 unspecified atom stereocenters. The molecule has 12 nitrogen and oxygen atoms in total. The normalized spacial score (nSPS) is 18.7. The number of rotatable bonds is 11. The quantitative estimate of drug-likeness (QED) is 0.234. The lowest BCUT2D eigenvalue weighted by Crippen LogP contribution is -2.31. The lowest BCUT2D eigenvalue weighted by molar-refractivity contribution is -0.142. The van der Waals surface area contributed by atoms with Gasteiger partial charge in [-0.25, -0.2) is 19.2 Å². The van der Waals surface area contributed by atoms with Crippen LogP contribution in [0.5, 0.6) is 0 Å². The second-order valence-corrected chi connectivity index (χ2v) is 7.32. The van der Waals surface area contributed by atoms with Crippen LogP contribution in [0.4, 0.5) is 0 Å². The first-order chi connectivity index (χ1) is 15.7. The van der Waals surface area contributed by atoms with Crippen LogP contribution >= 0.6 is 0 Å². The van der Waals surface area contributed by atoms with E-state index in [1.807, 2.05) is 0 Å². The Bertz CT molecular complexity index is 863. The molecule has 0 spiro atoms. The molecule has 0 saturated carbocycles. The van der Waals surface area contributed by atoms with Gasteiger partial charge in [-0.1, -0.05) is 0 Å². The zero-order chi connectivity index (χ0) is 24.4. The molecule has 2 aliphatic rings. The SMILES string of the molecule is COC(=O)/C=C(\C(=O)OCCN1CCCC1=O)C1CC(=O)N(CCOC(=O)/C=C\C(=O)O)C1. The number of likely N-dealkylation sites (tertiary alicyclic amines) is 2. The first kappa shape index (κ1) is 25.6. The molecule has 2 rings (SSSR count). The molecule has 12 heteroatoms. The fourth-order valence-electron chi connectivity index (χ4n) is 3.44. The van der Waals surface area contributed by atoms with Crippen molar-refractivity contribution in [1.82, 2.24) is 9.80 Å². The van der Waals surface area contributed by atoms with Gasteiger partial charge >= 0.3 is 23.9 Å².